The molecular formula is C12H8F6N4. The van der Waals surface area contributed by atoms with Crippen LogP contribution in [0.3, 0.4) is 0 Å². The van der Waals surface area contributed by atoms with Crippen LogP contribution in [0.5, 0.6) is 0 Å². The second-order valence-corrected chi connectivity index (χ2v) is 4.29. The fraction of sp³-hybridized carbons (Fsp3) is 0.167. The lowest BCUT2D eigenvalue weighted by atomic mass is 10.1. The van der Waals surface area contributed by atoms with Gasteiger partial charge in [-0.3, -0.25) is 0 Å². The molecule has 0 bridgehead atoms. The van der Waals surface area contributed by atoms with Crippen molar-refractivity contribution in [3.8, 4) is 0 Å². The van der Waals surface area contributed by atoms with Crippen molar-refractivity contribution < 1.29 is 26.3 Å². The van der Waals surface area contributed by atoms with Crippen molar-refractivity contribution in [2.45, 2.75) is 12.4 Å². The standard InChI is InChI=1S/C12H8F6N4/c13-11(14,15)7-4-9(12(16,17)18)22-8-3-5(21-10(19)20)1-2-6(7)8/h1-4H,(H4,19,20,21). The number of rotatable bonds is 1. The number of guanidine groups is 1. The molecule has 0 radical (unpaired) electrons. The molecule has 0 amide bonds. The first kappa shape index (κ1) is 15.9. The fourth-order valence-electron chi connectivity index (χ4n) is 1.82. The molecule has 4 N–H and O–H groups in total. The second kappa shape index (κ2) is 5.04. The highest BCUT2D eigenvalue weighted by atomic mass is 19.4. The Kier molecular flexibility index (Phi) is 3.63. The van der Waals surface area contributed by atoms with Crippen LogP contribution in [0.25, 0.3) is 10.9 Å². The highest BCUT2D eigenvalue weighted by Crippen LogP contribution is 2.39. The minimum atomic E-state index is -5.01. The van der Waals surface area contributed by atoms with E-state index in [-0.39, 0.29) is 17.7 Å². The van der Waals surface area contributed by atoms with E-state index < -0.39 is 34.5 Å². The first-order chi connectivity index (χ1) is 9.98. The SMILES string of the molecule is NC(N)=Nc1ccc2c(C(F)(F)F)cc(C(F)(F)F)nc2c1. The van der Waals surface area contributed by atoms with Gasteiger partial charge >= 0.3 is 12.4 Å². The summed E-state index contributed by atoms with van der Waals surface area (Å²) in [5.41, 5.74) is 6.64. The maximum absolute atomic E-state index is 12.9. The summed E-state index contributed by atoms with van der Waals surface area (Å²) in [5.74, 6) is -0.387. The Morgan fingerprint density at radius 1 is 0.955 bits per heavy atom. The van der Waals surface area contributed by atoms with Gasteiger partial charge in [0, 0.05) is 5.39 Å². The molecule has 2 rings (SSSR count). The van der Waals surface area contributed by atoms with Gasteiger partial charge in [0.15, 0.2) is 5.96 Å². The van der Waals surface area contributed by atoms with E-state index in [4.69, 9.17) is 11.5 Å². The molecule has 1 aromatic carbocycles. The van der Waals surface area contributed by atoms with Crippen molar-refractivity contribution in [1.82, 2.24) is 4.98 Å². The van der Waals surface area contributed by atoms with Crippen molar-refractivity contribution >= 4 is 22.5 Å². The van der Waals surface area contributed by atoms with Crippen molar-refractivity contribution in [3.63, 3.8) is 0 Å². The zero-order valence-corrected chi connectivity index (χ0v) is 10.6. The molecule has 0 spiro atoms. The summed E-state index contributed by atoms with van der Waals surface area (Å²) in [7, 11) is 0. The van der Waals surface area contributed by atoms with Crippen LogP contribution in [0.1, 0.15) is 11.3 Å². The summed E-state index contributed by atoms with van der Waals surface area (Å²) >= 11 is 0. The molecule has 0 saturated carbocycles. The first-order valence-electron chi connectivity index (χ1n) is 5.67. The molecule has 22 heavy (non-hydrogen) atoms. The predicted octanol–water partition coefficient (Wildman–Crippen LogP) is 3.18. The smallest absolute Gasteiger partial charge is 0.370 e. The minimum Gasteiger partial charge on any atom is -0.370 e. The van der Waals surface area contributed by atoms with E-state index in [0.717, 1.165) is 18.2 Å². The Morgan fingerprint density at radius 2 is 1.59 bits per heavy atom. The van der Waals surface area contributed by atoms with Gasteiger partial charge in [0.25, 0.3) is 0 Å². The average molecular weight is 322 g/mol. The molecule has 0 aliphatic carbocycles. The zero-order valence-electron chi connectivity index (χ0n) is 10.6. The summed E-state index contributed by atoms with van der Waals surface area (Å²) in [6.45, 7) is 0. The minimum absolute atomic E-state index is 0.00699. The molecule has 0 aliphatic heterocycles. The second-order valence-electron chi connectivity index (χ2n) is 4.29. The van der Waals surface area contributed by atoms with E-state index in [9.17, 15) is 26.3 Å². The molecule has 0 fully saturated rings. The molecule has 0 saturated heterocycles. The summed E-state index contributed by atoms with van der Waals surface area (Å²) in [6.07, 6.45) is -9.97. The van der Waals surface area contributed by atoms with Gasteiger partial charge in [0.05, 0.1) is 16.8 Å². The van der Waals surface area contributed by atoms with E-state index >= 15 is 0 Å². The van der Waals surface area contributed by atoms with Crippen LogP contribution >= 0.6 is 0 Å². The molecule has 2 aromatic rings. The third-order valence-corrected chi connectivity index (χ3v) is 2.65. The number of fused-ring (bicyclic) bond motifs is 1. The van der Waals surface area contributed by atoms with Crippen LogP contribution in [-0.4, -0.2) is 10.9 Å². The van der Waals surface area contributed by atoms with Crippen LogP contribution in [0.2, 0.25) is 0 Å². The van der Waals surface area contributed by atoms with Gasteiger partial charge in [-0.2, -0.15) is 26.3 Å². The topological polar surface area (TPSA) is 77.3 Å². The summed E-state index contributed by atoms with van der Waals surface area (Å²) in [5, 5.41) is -0.477. The molecule has 10 heteroatoms. The number of halogens is 6. The van der Waals surface area contributed by atoms with Crippen LogP contribution < -0.4 is 11.5 Å². The lowest BCUT2D eigenvalue weighted by Gasteiger charge is -2.14. The van der Waals surface area contributed by atoms with Crippen molar-refractivity contribution in [1.29, 1.82) is 0 Å². The Balaban J connectivity index is 2.80. The maximum Gasteiger partial charge on any atom is 0.433 e. The Labute approximate surface area is 119 Å². The molecule has 0 unspecified atom stereocenters. The molecule has 4 nitrogen and oxygen atoms in total. The Bertz CT molecular complexity index is 744. The summed E-state index contributed by atoms with van der Waals surface area (Å²) in [6, 6.07) is 3.03. The van der Waals surface area contributed by atoms with Gasteiger partial charge in [-0.1, -0.05) is 6.07 Å². The van der Waals surface area contributed by atoms with E-state index in [1.165, 1.54) is 0 Å². The summed E-state index contributed by atoms with van der Waals surface area (Å²) < 4.78 is 76.9. The quantitative estimate of drug-likeness (QED) is 0.481. The Hall–Kier alpha value is -2.52. The van der Waals surface area contributed by atoms with Crippen LogP contribution in [-0.2, 0) is 12.4 Å². The fourth-order valence-corrected chi connectivity index (χ4v) is 1.82. The highest BCUT2D eigenvalue weighted by molar-refractivity contribution is 5.87. The van der Waals surface area contributed by atoms with Gasteiger partial charge < -0.3 is 11.5 Å². The van der Waals surface area contributed by atoms with Gasteiger partial charge in [-0.25, -0.2) is 9.98 Å². The van der Waals surface area contributed by atoms with Crippen molar-refractivity contribution in [2.75, 3.05) is 0 Å². The van der Waals surface area contributed by atoms with Gasteiger partial charge in [-0.15, -0.1) is 0 Å². The van der Waals surface area contributed by atoms with Crippen molar-refractivity contribution in [2.24, 2.45) is 16.5 Å². The summed E-state index contributed by atoms with van der Waals surface area (Å²) in [4.78, 5) is 6.78. The lowest BCUT2D eigenvalue weighted by molar-refractivity contribution is -0.144. The van der Waals surface area contributed by atoms with Gasteiger partial charge in [0.1, 0.15) is 5.69 Å². The number of nitrogens with two attached hydrogens (primary N) is 2. The molecular weight excluding hydrogens is 314 g/mol. The van der Waals surface area contributed by atoms with E-state index in [1.807, 2.05) is 0 Å². The van der Waals surface area contributed by atoms with Crippen LogP contribution in [0.4, 0.5) is 32.0 Å². The number of aromatic nitrogens is 1. The number of alkyl halides is 6. The first-order valence-corrected chi connectivity index (χ1v) is 5.67. The third kappa shape index (κ3) is 3.21. The predicted molar refractivity (Wildman–Crippen MR) is 67.2 cm³/mol. The van der Waals surface area contributed by atoms with E-state index in [1.54, 1.807) is 0 Å². The number of pyridine rings is 1. The molecule has 118 valence electrons. The third-order valence-electron chi connectivity index (χ3n) is 2.65. The maximum atomic E-state index is 12.9. The monoisotopic (exact) mass is 322 g/mol. The van der Waals surface area contributed by atoms with Crippen molar-refractivity contribution in [3.05, 3.63) is 35.5 Å². The van der Waals surface area contributed by atoms with Gasteiger partial charge in [-0.05, 0) is 18.2 Å². The average Bonchev–Trinajstić information content (AvgIpc) is 2.34. The number of aliphatic imine (C=N–C) groups is 1. The highest BCUT2D eigenvalue weighted by Gasteiger charge is 2.39. The lowest BCUT2D eigenvalue weighted by Crippen LogP contribution is -2.21. The number of benzene rings is 1. The number of hydrogen-bond acceptors (Lipinski definition) is 2. The molecule has 1 aromatic heterocycles. The largest absolute Gasteiger partial charge is 0.433 e. The van der Waals surface area contributed by atoms with Gasteiger partial charge in [0.2, 0.25) is 0 Å². The molecule has 0 atom stereocenters. The Morgan fingerprint density at radius 3 is 2.09 bits per heavy atom. The van der Waals surface area contributed by atoms with Crippen LogP contribution in [0, 0.1) is 0 Å². The van der Waals surface area contributed by atoms with E-state index in [0.29, 0.717) is 0 Å². The van der Waals surface area contributed by atoms with E-state index in [2.05, 4.69) is 9.98 Å². The molecule has 0 aliphatic rings. The number of hydrogen-bond donors (Lipinski definition) is 2. The zero-order chi connectivity index (χ0) is 16.7. The molecule has 1 heterocycles. The number of nitrogens with zero attached hydrogens (tertiary/aromatic N) is 2. The normalized spacial score (nSPS) is 12.5. The van der Waals surface area contributed by atoms with Crippen LogP contribution in [0.15, 0.2) is 29.3 Å².